The number of aliphatic hydroxyl groups excluding tert-OH is 3. The zero-order chi connectivity index (χ0) is 17.5. The van der Waals surface area contributed by atoms with Crippen LogP contribution in [0.25, 0.3) is 0 Å². The van der Waals surface area contributed by atoms with E-state index in [0.29, 0.717) is 5.06 Å². The molecule has 1 saturated heterocycles. The molecule has 10 nitrogen and oxygen atoms in total. The molecule has 0 radical (unpaired) electrons. The first-order valence-electron chi connectivity index (χ1n) is 7.05. The third kappa shape index (κ3) is 3.16. The normalized spacial score (nSPS) is 28.1. The van der Waals surface area contributed by atoms with E-state index < -0.39 is 47.9 Å². The first-order valence-corrected chi connectivity index (χ1v) is 7.05. The molecule has 1 aromatic heterocycles. The molecule has 0 unspecified atom stereocenters. The van der Waals surface area contributed by atoms with Gasteiger partial charge in [0.15, 0.2) is 6.23 Å². The van der Waals surface area contributed by atoms with Crippen LogP contribution in [0.5, 0.6) is 0 Å². The monoisotopic (exact) mass is 331 g/mol. The highest BCUT2D eigenvalue weighted by Crippen LogP contribution is 2.28. The molecule has 1 aliphatic rings. The van der Waals surface area contributed by atoms with E-state index in [1.807, 2.05) is 4.98 Å². The Kier molecular flexibility index (Phi) is 4.64. The Labute approximate surface area is 131 Å². The summed E-state index contributed by atoms with van der Waals surface area (Å²) in [6.45, 7) is 4.39. The van der Waals surface area contributed by atoms with Crippen LogP contribution in [0.15, 0.2) is 15.8 Å². The van der Waals surface area contributed by atoms with Gasteiger partial charge in [-0.1, -0.05) is 0 Å². The van der Waals surface area contributed by atoms with E-state index in [1.54, 1.807) is 20.8 Å². The average molecular weight is 331 g/mol. The summed E-state index contributed by atoms with van der Waals surface area (Å²) in [4.78, 5) is 25.9. The molecule has 0 spiro atoms. The number of aliphatic hydroxyl groups is 3. The summed E-state index contributed by atoms with van der Waals surface area (Å²) in [7, 11) is 0. The maximum atomic E-state index is 12.0. The summed E-state index contributed by atoms with van der Waals surface area (Å²) in [6.07, 6.45) is -4.21. The van der Waals surface area contributed by atoms with Gasteiger partial charge in [0.25, 0.3) is 5.56 Å². The fraction of sp³-hybridized carbons (Fsp3) is 0.692. The molecule has 4 atom stereocenters. The molecule has 0 amide bonds. The van der Waals surface area contributed by atoms with Gasteiger partial charge in [-0.2, -0.15) is 0 Å². The highest BCUT2D eigenvalue weighted by Gasteiger charge is 2.44. The van der Waals surface area contributed by atoms with Crippen LogP contribution >= 0.6 is 0 Å². The number of aromatic nitrogens is 2. The zero-order valence-corrected chi connectivity index (χ0v) is 13.0. The van der Waals surface area contributed by atoms with Crippen LogP contribution in [0.2, 0.25) is 0 Å². The number of hydrogen-bond donors (Lipinski definition) is 5. The summed E-state index contributed by atoms with van der Waals surface area (Å²) >= 11 is 0. The molecule has 2 rings (SSSR count). The average Bonchev–Trinajstić information content (AvgIpc) is 2.73. The second kappa shape index (κ2) is 6.06. The number of hydrogen-bond acceptors (Lipinski definition) is 8. The lowest BCUT2D eigenvalue weighted by atomic mass is 10.1. The lowest BCUT2D eigenvalue weighted by molar-refractivity contribution is -0.0550. The van der Waals surface area contributed by atoms with Crippen molar-refractivity contribution in [1.29, 1.82) is 0 Å². The van der Waals surface area contributed by atoms with Crippen LogP contribution in [0.3, 0.4) is 0 Å². The number of nitrogens with zero attached hydrogens (tertiary/aromatic N) is 2. The number of nitrogens with one attached hydrogen (secondary N) is 1. The van der Waals surface area contributed by atoms with Crippen molar-refractivity contribution in [3.05, 3.63) is 27.0 Å². The van der Waals surface area contributed by atoms with E-state index in [1.165, 1.54) is 0 Å². The van der Waals surface area contributed by atoms with Crippen molar-refractivity contribution in [3.63, 3.8) is 0 Å². The van der Waals surface area contributed by atoms with Crippen LogP contribution in [0.4, 0.5) is 5.69 Å². The summed E-state index contributed by atoms with van der Waals surface area (Å²) < 4.78 is 6.11. The number of rotatable bonds is 3. The second-order valence-electron chi connectivity index (χ2n) is 6.39. The molecular weight excluding hydrogens is 310 g/mol. The summed E-state index contributed by atoms with van der Waals surface area (Å²) in [5.41, 5.74) is -2.74. The molecule has 10 heteroatoms. The van der Waals surface area contributed by atoms with Crippen molar-refractivity contribution in [2.45, 2.75) is 50.8 Å². The molecule has 130 valence electrons. The third-order valence-corrected chi connectivity index (χ3v) is 3.60. The third-order valence-electron chi connectivity index (χ3n) is 3.60. The van der Waals surface area contributed by atoms with Gasteiger partial charge in [-0.05, 0) is 20.8 Å². The molecule has 23 heavy (non-hydrogen) atoms. The van der Waals surface area contributed by atoms with E-state index in [4.69, 9.17) is 9.84 Å². The Bertz CT molecular complexity index is 677. The van der Waals surface area contributed by atoms with Crippen molar-refractivity contribution in [3.8, 4) is 0 Å². The van der Waals surface area contributed by atoms with Gasteiger partial charge in [-0.25, -0.2) is 9.86 Å². The second-order valence-corrected chi connectivity index (χ2v) is 6.39. The van der Waals surface area contributed by atoms with Gasteiger partial charge in [-0.15, -0.1) is 0 Å². The number of anilines is 1. The molecular formula is C13H21N3O7. The first-order chi connectivity index (χ1) is 10.6. The highest BCUT2D eigenvalue weighted by molar-refractivity contribution is 5.41. The van der Waals surface area contributed by atoms with Crippen molar-refractivity contribution in [2.24, 2.45) is 0 Å². The number of hydroxylamine groups is 1. The van der Waals surface area contributed by atoms with Crippen molar-refractivity contribution in [1.82, 2.24) is 9.55 Å². The molecule has 5 N–H and O–H groups in total. The lowest BCUT2D eigenvalue weighted by Gasteiger charge is -2.31. The van der Waals surface area contributed by atoms with Crippen LogP contribution in [-0.4, -0.2) is 60.5 Å². The minimum atomic E-state index is -1.48. The maximum Gasteiger partial charge on any atom is 0.330 e. The van der Waals surface area contributed by atoms with Gasteiger partial charge >= 0.3 is 5.69 Å². The minimum Gasteiger partial charge on any atom is -0.394 e. The molecule has 2 heterocycles. The molecule has 1 fully saturated rings. The predicted molar refractivity (Wildman–Crippen MR) is 78.4 cm³/mol. The molecule has 1 aromatic rings. The summed E-state index contributed by atoms with van der Waals surface area (Å²) in [6, 6.07) is 0. The summed E-state index contributed by atoms with van der Waals surface area (Å²) in [5.74, 6) is 0. The Morgan fingerprint density at radius 1 is 1.30 bits per heavy atom. The van der Waals surface area contributed by atoms with Gasteiger partial charge in [0.1, 0.15) is 24.0 Å². The fourth-order valence-electron chi connectivity index (χ4n) is 2.29. The zero-order valence-electron chi connectivity index (χ0n) is 13.0. The Balaban J connectivity index is 2.49. The molecule has 0 aromatic carbocycles. The van der Waals surface area contributed by atoms with Gasteiger partial charge in [0, 0.05) is 6.20 Å². The van der Waals surface area contributed by atoms with E-state index >= 15 is 0 Å². The van der Waals surface area contributed by atoms with Crippen LogP contribution in [-0.2, 0) is 4.74 Å². The number of H-pyrrole nitrogens is 1. The minimum absolute atomic E-state index is 0.227. The van der Waals surface area contributed by atoms with Crippen LogP contribution in [0.1, 0.15) is 27.0 Å². The van der Waals surface area contributed by atoms with E-state index in [2.05, 4.69) is 0 Å². The van der Waals surface area contributed by atoms with Gasteiger partial charge in [0.05, 0.1) is 12.1 Å². The molecule has 0 bridgehead atoms. The van der Waals surface area contributed by atoms with Crippen molar-refractivity contribution in [2.75, 3.05) is 11.7 Å². The standard InChI is InChI=1S/C13H21N3O7/c1-13(2,3)16(22)6-4-15(12(21)14-10(6)20)11-9(19)8(18)7(5-17)23-11/h4,7-9,11,17-19,22H,5H2,1-3H3,(H,14,20,21)/t7-,8-,9-,11-/m1/s1. The van der Waals surface area contributed by atoms with E-state index in [9.17, 15) is 25.0 Å². The maximum absolute atomic E-state index is 12.0. The Hall–Kier alpha value is -1.72. The Morgan fingerprint density at radius 2 is 1.91 bits per heavy atom. The fourth-order valence-corrected chi connectivity index (χ4v) is 2.29. The van der Waals surface area contributed by atoms with Gasteiger partial charge in [0.2, 0.25) is 0 Å². The van der Waals surface area contributed by atoms with Crippen LogP contribution < -0.4 is 16.3 Å². The van der Waals surface area contributed by atoms with Crippen molar-refractivity contribution < 1.29 is 25.3 Å². The quantitative estimate of drug-likeness (QED) is 0.405. The first kappa shape index (κ1) is 17.6. The smallest absolute Gasteiger partial charge is 0.330 e. The van der Waals surface area contributed by atoms with Crippen LogP contribution in [0, 0.1) is 0 Å². The highest BCUT2D eigenvalue weighted by atomic mass is 16.6. The lowest BCUT2D eigenvalue weighted by Crippen LogP contribution is -2.45. The number of ether oxygens (including phenoxy) is 1. The van der Waals surface area contributed by atoms with E-state index in [-0.39, 0.29) is 5.69 Å². The predicted octanol–water partition coefficient (Wildman–Crippen LogP) is -1.86. The van der Waals surface area contributed by atoms with Crippen molar-refractivity contribution >= 4 is 5.69 Å². The SMILES string of the molecule is CC(C)(C)N(O)c1cn([C@@H]2O[C@H](CO)[C@@H](O)[C@H]2O)c(=O)[nH]c1=O. The van der Waals surface area contributed by atoms with E-state index in [0.717, 1.165) is 10.8 Å². The molecule has 0 aliphatic carbocycles. The topological polar surface area (TPSA) is 148 Å². The largest absolute Gasteiger partial charge is 0.394 e. The number of aromatic amines is 1. The Morgan fingerprint density at radius 3 is 2.39 bits per heavy atom. The molecule has 0 saturated carbocycles. The summed E-state index contributed by atoms with van der Waals surface area (Å²) in [5, 5.41) is 39.6. The van der Waals surface area contributed by atoms with Gasteiger partial charge < -0.3 is 20.1 Å². The molecule has 1 aliphatic heterocycles. The van der Waals surface area contributed by atoms with Gasteiger partial charge in [-0.3, -0.25) is 19.6 Å².